The van der Waals surface area contributed by atoms with Crippen molar-refractivity contribution in [1.29, 1.82) is 0 Å². The van der Waals surface area contributed by atoms with Crippen LogP contribution < -0.4 is 10.5 Å². The lowest BCUT2D eigenvalue weighted by Gasteiger charge is -2.28. The molecule has 218 valence electrons. The molecule has 3 aromatic rings. The van der Waals surface area contributed by atoms with Gasteiger partial charge >= 0.3 is 0 Å². The number of aromatic nitrogens is 1. The summed E-state index contributed by atoms with van der Waals surface area (Å²) in [6.07, 6.45) is 12.1. The second-order valence-corrected chi connectivity index (χ2v) is 13.5. The van der Waals surface area contributed by atoms with Crippen LogP contribution in [0.15, 0.2) is 73.0 Å². The zero-order valence-corrected chi connectivity index (χ0v) is 25.5. The summed E-state index contributed by atoms with van der Waals surface area (Å²) in [5.41, 5.74) is 11.2. The van der Waals surface area contributed by atoms with Crippen LogP contribution in [0.4, 0.5) is 5.82 Å². The summed E-state index contributed by atoms with van der Waals surface area (Å²) in [7, 11) is 5.11. The first-order chi connectivity index (χ1) is 20.4. The van der Waals surface area contributed by atoms with E-state index in [1.165, 1.54) is 18.7 Å². The number of phenolic OH excluding ortho intramolecular Hbond substituents is 1. The van der Waals surface area contributed by atoms with Crippen molar-refractivity contribution in [3.8, 4) is 11.5 Å². The third-order valence-electron chi connectivity index (χ3n) is 8.04. The van der Waals surface area contributed by atoms with Crippen molar-refractivity contribution < 1.29 is 19.4 Å². The van der Waals surface area contributed by atoms with Gasteiger partial charge in [0.1, 0.15) is 11.6 Å². The lowest BCUT2D eigenvalue weighted by Crippen LogP contribution is -2.18. The molecule has 4 bridgehead atoms. The highest BCUT2D eigenvalue weighted by molar-refractivity contribution is 8.77. The molecule has 0 unspecified atom stereocenters. The summed E-state index contributed by atoms with van der Waals surface area (Å²) in [5, 5.41) is 11.0. The second kappa shape index (κ2) is 13.7. The molecule has 0 amide bonds. The summed E-state index contributed by atoms with van der Waals surface area (Å²) < 4.78 is 5.41. The summed E-state index contributed by atoms with van der Waals surface area (Å²) >= 11 is 0. The van der Waals surface area contributed by atoms with E-state index in [1.54, 1.807) is 35.2 Å². The third kappa shape index (κ3) is 6.93. The van der Waals surface area contributed by atoms with Gasteiger partial charge in [0.15, 0.2) is 17.3 Å². The zero-order chi connectivity index (χ0) is 29.6. The molecule has 2 aromatic carbocycles. The molecule has 0 fully saturated rings. The molecule has 6 nitrogen and oxygen atoms in total. The molecule has 1 aliphatic carbocycles. The smallest absolute Gasteiger partial charge is 0.163 e. The Balaban J connectivity index is 1.71. The lowest BCUT2D eigenvalue weighted by molar-refractivity contribution is -0.124. The number of nitrogen functional groups attached to an aromatic ring is 1. The maximum atomic E-state index is 12.8. The minimum absolute atomic E-state index is 0.0104. The fourth-order valence-electron chi connectivity index (χ4n) is 5.62. The van der Waals surface area contributed by atoms with Gasteiger partial charge in [0, 0.05) is 34.6 Å². The van der Waals surface area contributed by atoms with Crippen molar-refractivity contribution in [2.45, 2.75) is 55.4 Å². The number of anilines is 1. The summed E-state index contributed by atoms with van der Waals surface area (Å²) in [4.78, 5) is 30.2. The monoisotopic (exact) mass is 600 g/mol. The number of hydrogen-bond acceptors (Lipinski definition) is 8. The van der Waals surface area contributed by atoms with Crippen LogP contribution in [0.3, 0.4) is 0 Å². The minimum Gasteiger partial charge on any atom is -0.504 e. The second-order valence-electron chi connectivity index (χ2n) is 10.8. The maximum Gasteiger partial charge on any atom is 0.163 e. The van der Waals surface area contributed by atoms with Gasteiger partial charge in [-0.15, -0.1) is 0 Å². The number of Topliss-reactive ketones (excluding diaryl/α,β-unsaturated/α-hetero) is 1. The highest BCUT2D eigenvalue weighted by Gasteiger charge is 2.28. The Morgan fingerprint density at radius 3 is 2.62 bits per heavy atom. The van der Waals surface area contributed by atoms with Gasteiger partial charge in [-0.05, 0) is 65.3 Å². The van der Waals surface area contributed by atoms with Crippen LogP contribution in [0.2, 0.25) is 0 Å². The Morgan fingerprint density at radius 1 is 1.05 bits per heavy atom. The zero-order valence-electron chi connectivity index (χ0n) is 23.9. The van der Waals surface area contributed by atoms with Crippen molar-refractivity contribution in [3.63, 3.8) is 0 Å². The van der Waals surface area contributed by atoms with Gasteiger partial charge in [-0.1, -0.05) is 83.5 Å². The minimum atomic E-state index is -0.269. The van der Waals surface area contributed by atoms with Crippen LogP contribution in [-0.2, 0) is 16.0 Å². The molecule has 5 rings (SSSR count). The fourth-order valence-corrected chi connectivity index (χ4v) is 9.05. The molecule has 0 saturated carbocycles. The first kappa shape index (κ1) is 30.0. The van der Waals surface area contributed by atoms with Gasteiger partial charge in [0.25, 0.3) is 0 Å². The molecule has 42 heavy (non-hydrogen) atoms. The Kier molecular flexibility index (Phi) is 9.75. The SMILES string of the molecule is CC[C@@H]1CCC(=O)CC(=O)C=Cc2cc(OC)c(O)cc2[C@H]2C=C[C@H]1SS[C@@H](Cc1ccccc1)c1cc2cnc1N. The highest BCUT2D eigenvalue weighted by Crippen LogP contribution is 2.49. The van der Waals surface area contributed by atoms with E-state index >= 15 is 0 Å². The molecular weight excluding hydrogens is 565 g/mol. The molecule has 3 N–H and O–H groups in total. The van der Waals surface area contributed by atoms with Crippen LogP contribution in [0.25, 0.3) is 6.08 Å². The lowest BCUT2D eigenvalue weighted by atomic mass is 9.85. The van der Waals surface area contributed by atoms with E-state index in [1.807, 2.05) is 16.9 Å². The van der Waals surface area contributed by atoms with Gasteiger partial charge in [-0.2, -0.15) is 0 Å². The number of nitrogens with two attached hydrogens (primary N) is 1. The highest BCUT2D eigenvalue weighted by atomic mass is 33.1. The fraction of sp³-hybridized carbons (Fsp3) is 0.324. The number of ketones is 2. The Morgan fingerprint density at radius 2 is 1.86 bits per heavy atom. The molecule has 1 aromatic heterocycles. The number of benzene rings is 2. The van der Waals surface area contributed by atoms with Crippen LogP contribution in [0, 0.1) is 5.92 Å². The van der Waals surface area contributed by atoms with Gasteiger partial charge < -0.3 is 15.6 Å². The largest absolute Gasteiger partial charge is 0.504 e. The van der Waals surface area contributed by atoms with E-state index in [4.69, 9.17) is 10.5 Å². The predicted octanol–water partition coefficient (Wildman–Crippen LogP) is 7.48. The number of hydrogen-bond donors (Lipinski definition) is 2. The molecule has 0 radical (unpaired) electrons. The number of allylic oxidation sites excluding steroid dienone is 2. The normalized spacial score (nSPS) is 22.8. The van der Waals surface area contributed by atoms with E-state index < -0.39 is 0 Å². The van der Waals surface area contributed by atoms with Crippen LogP contribution in [-0.4, -0.2) is 34.0 Å². The number of ether oxygens (including phenoxy) is 1. The van der Waals surface area contributed by atoms with Crippen molar-refractivity contribution >= 4 is 45.0 Å². The van der Waals surface area contributed by atoms with Gasteiger partial charge in [-0.25, -0.2) is 4.98 Å². The molecule has 2 aliphatic rings. The topological polar surface area (TPSA) is 103 Å². The van der Waals surface area contributed by atoms with Gasteiger partial charge in [0.2, 0.25) is 0 Å². The standard InChI is InChI=1S/C34H36N2O4S2/c1-3-22-9-11-25(37)18-26(38)12-10-23-17-31(40-2)30(39)19-28(23)27-13-14-32(22)41-42-33(15-21-7-5-4-6-8-21)29-16-24(27)20-36-34(29)35/h4-8,10,12-14,16-17,19-20,22,27,32-33,39H,3,9,11,15,18H2,1-2H3,(H2,35,36)/t22-,27+,32-,33+/m1/s1. The summed E-state index contributed by atoms with van der Waals surface area (Å²) in [6.45, 7) is 2.16. The van der Waals surface area contributed by atoms with Crippen LogP contribution >= 0.6 is 21.6 Å². The van der Waals surface area contributed by atoms with E-state index in [0.717, 1.165) is 35.1 Å². The molecule has 0 spiro atoms. The summed E-state index contributed by atoms with van der Waals surface area (Å²) in [6, 6.07) is 16.0. The maximum absolute atomic E-state index is 12.8. The van der Waals surface area contributed by atoms with Crippen LogP contribution in [0.1, 0.15) is 71.6 Å². The molecule has 2 heterocycles. The Labute approximate surface area is 255 Å². The summed E-state index contributed by atoms with van der Waals surface area (Å²) in [5.74, 6) is 0.512. The molecule has 8 heteroatoms. The van der Waals surface area contributed by atoms with Crippen molar-refractivity contribution in [2.24, 2.45) is 5.92 Å². The predicted molar refractivity (Wildman–Crippen MR) is 173 cm³/mol. The Hall–Kier alpha value is -3.49. The van der Waals surface area contributed by atoms with E-state index in [-0.39, 0.29) is 46.1 Å². The number of rotatable bonds is 4. The number of phenols is 1. The van der Waals surface area contributed by atoms with E-state index in [0.29, 0.717) is 24.4 Å². The molecule has 0 saturated heterocycles. The van der Waals surface area contributed by atoms with Crippen molar-refractivity contribution in [2.75, 3.05) is 12.8 Å². The first-order valence-electron chi connectivity index (χ1n) is 14.3. The number of aromatic hydroxyl groups is 1. The average Bonchev–Trinajstić information content (AvgIpc) is 2.99. The van der Waals surface area contributed by atoms with Crippen molar-refractivity contribution in [1.82, 2.24) is 4.98 Å². The van der Waals surface area contributed by atoms with Gasteiger partial charge in [0.05, 0.1) is 13.5 Å². The molecule has 4 atom stereocenters. The molecule has 1 aliphatic heterocycles. The number of carbonyl (C=O) groups excluding carboxylic acids is 2. The van der Waals surface area contributed by atoms with Crippen molar-refractivity contribution in [3.05, 3.63) is 101 Å². The van der Waals surface area contributed by atoms with E-state index in [2.05, 4.69) is 54.4 Å². The number of nitrogens with zero attached hydrogens (tertiary/aromatic N) is 1. The first-order valence-corrected chi connectivity index (χ1v) is 16.6. The quantitative estimate of drug-likeness (QED) is 0.181. The molecular formula is C34H36N2O4S2. The van der Waals surface area contributed by atoms with Gasteiger partial charge in [-0.3, -0.25) is 9.59 Å². The number of methoxy groups -OCH3 is 1. The van der Waals surface area contributed by atoms with Crippen LogP contribution in [0.5, 0.6) is 11.5 Å². The number of pyridine rings is 1. The third-order valence-corrected chi connectivity index (χ3v) is 11.3. The average molecular weight is 601 g/mol. The number of carbonyl (C=O) groups is 2. The van der Waals surface area contributed by atoms with E-state index in [9.17, 15) is 14.7 Å². The number of fused-ring (bicyclic) bond motifs is 7. The Bertz CT molecular complexity index is 1500.